The van der Waals surface area contributed by atoms with E-state index in [1.54, 1.807) is 6.07 Å². The molecule has 1 fully saturated rings. The number of piperidine rings is 1. The summed E-state index contributed by atoms with van der Waals surface area (Å²) in [4.78, 5) is 19.4. The van der Waals surface area contributed by atoms with E-state index >= 15 is 0 Å². The maximum absolute atomic E-state index is 11.7. The van der Waals surface area contributed by atoms with Gasteiger partial charge in [-0.25, -0.2) is 9.97 Å². The fraction of sp³-hybridized carbons (Fsp3) is 0.583. The Balaban J connectivity index is 1.74. The maximum atomic E-state index is 11.7. The molecule has 1 aliphatic heterocycles. The molecule has 0 saturated carbocycles. The smallest absolute Gasteiger partial charge is 0.225 e. The third kappa shape index (κ3) is 4.23. The van der Waals surface area contributed by atoms with Crippen LogP contribution in [0.1, 0.15) is 25.7 Å². The van der Waals surface area contributed by atoms with Crippen molar-refractivity contribution in [3.63, 3.8) is 0 Å². The Bertz CT molecular complexity index is 407. The molecular weight excluding hydrogens is 252 g/mol. The van der Waals surface area contributed by atoms with E-state index in [1.807, 2.05) is 0 Å². The number of anilines is 1. The predicted octanol–water partition coefficient (Wildman–Crippen LogP) is 1.85. The fourth-order valence-electron chi connectivity index (χ4n) is 2.12. The van der Waals surface area contributed by atoms with Crippen molar-refractivity contribution in [1.29, 1.82) is 0 Å². The number of nitrogens with one attached hydrogen (secondary N) is 2. The summed E-state index contributed by atoms with van der Waals surface area (Å²) in [6.45, 7) is 2.12. The van der Waals surface area contributed by atoms with Crippen molar-refractivity contribution in [2.45, 2.75) is 25.7 Å². The van der Waals surface area contributed by atoms with Gasteiger partial charge < -0.3 is 10.6 Å². The summed E-state index contributed by atoms with van der Waals surface area (Å²) < 4.78 is 0. The van der Waals surface area contributed by atoms with Crippen molar-refractivity contribution in [3.8, 4) is 0 Å². The van der Waals surface area contributed by atoms with Gasteiger partial charge in [-0.2, -0.15) is 0 Å². The van der Waals surface area contributed by atoms with E-state index in [-0.39, 0.29) is 11.2 Å². The molecule has 1 atom stereocenters. The Kier molecular flexibility index (Phi) is 4.90. The Morgan fingerprint density at radius 1 is 1.61 bits per heavy atom. The molecule has 2 N–H and O–H groups in total. The van der Waals surface area contributed by atoms with E-state index in [0.29, 0.717) is 18.2 Å². The van der Waals surface area contributed by atoms with Crippen LogP contribution in [-0.2, 0) is 4.79 Å². The highest BCUT2D eigenvalue weighted by Gasteiger charge is 2.14. The molecule has 1 saturated heterocycles. The zero-order chi connectivity index (χ0) is 12.8. The first-order valence-corrected chi connectivity index (χ1v) is 6.61. The second-order valence-electron chi connectivity index (χ2n) is 4.51. The molecule has 1 aromatic heterocycles. The number of amides is 1. The summed E-state index contributed by atoms with van der Waals surface area (Å²) in [7, 11) is 0. The van der Waals surface area contributed by atoms with Gasteiger partial charge in [-0.15, -0.1) is 0 Å². The average Bonchev–Trinajstić information content (AvgIpc) is 2.38. The first-order valence-electron chi connectivity index (χ1n) is 6.23. The third-order valence-electron chi connectivity index (χ3n) is 3.07. The van der Waals surface area contributed by atoms with Crippen molar-refractivity contribution >= 4 is 23.3 Å². The largest absolute Gasteiger partial charge is 0.316 e. The molecule has 6 heteroatoms. The molecule has 2 rings (SSSR count). The molecule has 0 spiro atoms. The molecule has 0 aliphatic carbocycles. The van der Waals surface area contributed by atoms with Gasteiger partial charge in [-0.05, 0) is 55.9 Å². The number of hydrogen-bond acceptors (Lipinski definition) is 4. The number of nitrogens with zero attached hydrogens (tertiary/aromatic N) is 2. The topological polar surface area (TPSA) is 66.9 Å². The highest BCUT2D eigenvalue weighted by molar-refractivity contribution is 6.28. The van der Waals surface area contributed by atoms with Gasteiger partial charge in [0.05, 0.1) is 0 Å². The number of hydrogen-bond donors (Lipinski definition) is 2. The third-order valence-corrected chi connectivity index (χ3v) is 3.25. The molecule has 0 bridgehead atoms. The monoisotopic (exact) mass is 268 g/mol. The lowest BCUT2D eigenvalue weighted by molar-refractivity contribution is -0.116. The van der Waals surface area contributed by atoms with Gasteiger partial charge in [0.25, 0.3) is 0 Å². The van der Waals surface area contributed by atoms with Crippen LogP contribution < -0.4 is 10.6 Å². The van der Waals surface area contributed by atoms with Crippen LogP contribution in [0, 0.1) is 5.92 Å². The van der Waals surface area contributed by atoms with Crippen LogP contribution in [0.15, 0.2) is 12.3 Å². The summed E-state index contributed by atoms with van der Waals surface area (Å²) >= 11 is 5.65. The van der Waals surface area contributed by atoms with Crippen molar-refractivity contribution < 1.29 is 4.79 Å². The molecule has 5 nitrogen and oxygen atoms in total. The van der Waals surface area contributed by atoms with Gasteiger partial charge in [0.15, 0.2) is 0 Å². The van der Waals surface area contributed by atoms with Crippen molar-refractivity contribution in [1.82, 2.24) is 15.3 Å². The van der Waals surface area contributed by atoms with Crippen LogP contribution in [0.25, 0.3) is 0 Å². The van der Waals surface area contributed by atoms with E-state index in [4.69, 9.17) is 11.6 Å². The molecule has 1 amide bonds. The highest BCUT2D eigenvalue weighted by Crippen LogP contribution is 2.16. The number of aromatic nitrogens is 2. The second-order valence-corrected chi connectivity index (χ2v) is 4.85. The lowest BCUT2D eigenvalue weighted by Crippen LogP contribution is -2.30. The van der Waals surface area contributed by atoms with E-state index in [0.717, 1.165) is 19.5 Å². The Morgan fingerprint density at radius 2 is 2.50 bits per heavy atom. The fourth-order valence-corrected chi connectivity index (χ4v) is 2.26. The van der Waals surface area contributed by atoms with Gasteiger partial charge in [0.1, 0.15) is 5.82 Å². The molecule has 18 heavy (non-hydrogen) atoms. The number of carbonyl (C=O) groups excluding carboxylic acids is 1. The minimum atomic E-state index is -0.0182. The quantitative estimate of drug-likeness (QED) is 0.818. The molecule has 0 radical (unpaired) electrons. The molecule has 2 heterocycles. The van der Waals surface area contributed by atoms with Crippen molar-refractivity contribution in [3.05, 3.63) is 17.5 Å². The van der Waals surface area contributed by atoms with Gasteiger partial charge in [0, 0.05) is 12.6 Å². The average molecular weight is 269 g/mol. The molecule has 98 valence electrons. The predicted molar refractivity (Wildman–Crippen MR) is 70.5 cm³/mol. The summed E-state index contributed by atoms with van der Waals surface area (Å²) in [6.07, 6.45) is 5.37. The highest BCUT2D eigenvalue weighted by atomic mass is 35.5. The minimum absolute atomic E-state index is 0.0182. The summed E-state index contributed by atoms with van der Waals surface area (Å²) in [5, 5.41) is 6.22. The number of carbonyl (C=O) groups is 1. The standard InChI is InChI=1S/C12H17ClN4O/c13-12-15-7-5-10(17-12)16-11(18)4-3-9-2-1-6-14-8-9/h5,7,9,14H,1-4,6,8H2,(H,15,16,17,18). The number of halogens is 1. The van der Waals surface area contributed by atoms with Crippen molar-refractivity contribution in [2.24, 2.45) is 5.92 Å². The van der Waals surface area contributed by atoms with Crippen LogP contribution in [-0.4, -0.2) is 29.0 Å². The van der Waals surface area contributed by atoms with Gasteiger partial charge >= 0.3 is 0 Å². The molecule has 1 unspecified atom stereocenters. The zero-order valence-corrected chi connectivity index (χ0v) is 10.9. The first-order chi connectivity index (χ1) is 8.74. The summed E-state index contributed by atoms with van der Waals surface area (Å²) in [6, 6.07) is 1.63. The summed E-state index contributed by atoms with van der Waals surface area (Å²) in [5.41, 5.74) is 0. The van der Waals surface area contributed by atoms with E-state index in [1.165, 1.54) is 19.0 Å². The lowest BCUT2D eigenvalue weighted by atomic mass is 9.94. The molecule has 1 aromatic rings. The van der Waals surface area contributed by atoms with Crippen LogP contribution in [0.2, 0.25) is 5.28 Å². The lowest BCUT2D eigenvalue weighted by Gasteiger charge is -2.22. The Hall–Kier alpha value is -1.20. The van der Waals surface area contributed by atoms with Crippen molar-refractivity contribution in [2.75, 3.05) is 18.4 Å². The maximum Gasteiger partial charge on any atom is 0.225 e. The van der Waals surface area contributed by atoms with Gasteiger partial charge in [-0.3, -0.25) is 4.79 Å². The molecular formula is C12H17ClN4O. The number of rotatable bonds is 4. The minimum Gasteiger partial charge on any atom is -0.316 e. The van der Waals surface area contributed by atoms with Crippen LogP contribution in [0.3, 0.4) is 0 Å². The molecule has 1 aliphatic rings. The van der Waals surface area contributed by atoms with E-state index < -0.39 is 0 Å². The van der Waals surface area contributed by atoms with E-state index in [9.17, 15) is 4.79 Å². The van der Waals surface area contributed by atoms with Gasteiger partial charge in [-0.1, -0.05) is 0 Å². The first kappa shape index (κ1) is 13.2. The second kappa shape index (κ2) is 6.66. The van der Waals surface area contributed by atoms with E-state index in [2.05, 4.69) is 20.6 Å². The SMILES string of the molecule is O=C(CCC1CCCNC1)Nc1ccnc(Cl)n1. The van der Waals surface area contributed by atoms with Crippen LogP contribution in [0.5, 0.6) is 0 Å². The van der Waals surface area contributed by atoms with Crippen LogP contribution in [0.4, 0.5) is 5.82 Å². The Labute approximate surface area is 111 Å². The summed E-state index contributed by atoms with van der Waals surface area (Å²) in [5.74, 6) is 1.05. The zero-order valence-electron chi connectivity index (χ0n) is 10.2. The van der Waals surface area contributed by atoms with Crippen LogP contribution >= 0.6 is 11.6 Å². The Morgan fingerprint density at radius 3 is 3.22 bits per heavy atom. The van der Waals surface area contributed by atoms with Gasteiger partial charge in [0.2, 0.25) is 11.2 Å². The normalized spacial score (nSPS) is 19.5. The molecule has 0 aromatic carbocycles.